The van der Waals surface area contributed by atoms with E-state index in [1.807, 2.05) is 0 Å². The fourth-order valence-electron chi connectivity index (χ4n) is 3.60. The summed E-state index contributed by atoms with van der Waals surface area (Å²) in [5, 5.41) is 18.8. The molecule has 4 bridgehead atoms. The molecule has 1 saturated carbocycles. The molecule has 17 heavy (non-hydrogen) atoms. The first-order valence-corrected chi connectivity index (χ1v) is 5.91. The van der Waals surface area contributed by atoms with Crippen molar-refractivity contribution in [3.63, 3.8) is 0 Å². The minimum atomic E-state index is -1.53. The molecule has 2 N–H and O–H groups in total. The van der Waals surface area contributed by atoms with Gasteiger partial charge < -0.3 is 19.5 Å². The lowest BCUT2D eigenvalue weighted by Gasteiger charge is -2.54. The van der Waals surface area contributed by atoms with Crippen LogP contribution in [0.15, 0.2) is 11.5 Å². The van der Waals surface area contributed by atoms with E-state index in [0.717, 1.165) is 12.8 Å². The van der Waals surface area contributed by atoms with E-state index in [1.54, 1.807) is 6.08 Å². The number of methoxy groups -OCH3 is 1. The van der Waals surface area contributed by atoms with Crippen LogP contribution in [0.4, 0.5) is 0 Å². The lowest BCUT2D eigenvalue weighted by Crippen LogP contribution is -2.65. The van der Waals surface area contributed by atoms with Crippen LogP contribution in [-0.4, -0.2) is 42.5 Å². The van der Waals surface area contributed by atoms with Gasteiger partial charge in [-0.15, -0.1) is 0 Å². The highest BCUT2D eigenvalue weighted by molar-refractivity contribution is 6.51. The van der Waals surface area contributed by atoms with E-state index < -0.39 is 12.9 Å². The van der Waals surface area contributed by atoms with Gasteiger partial charge in [-0.2, -0.15) is 0 Å². The van der Waals surface area contributed by atoms with Gasteiger partial charge in [0.05, 0.1) is 6.61 Å². The molecule has 1 heterocycles. The van der Waals surface area contributed by atoms with E-state index in [0.29, 0.717) is 12.1 Å². The van der Waals surface area contributed by atoms with Crippen molar-refractivity contribution in [3.05, 3.63) is 11.5 Å². The Labute approximate surface area is 99.6 Å². The first-order chi connectivity index (χ1) is 8.10. The van der Waals surface area contributed by atoms with Crippen LogP contribution in [0.25, 0.3) is 0 Å². The second kappa shape index (κ2) is 3.65. The summed E-state index contributed by atoms with van der Waals surface area (Å²) in [7, 11) is -0.0860. The molecule has 2 fully saturated rings. The SMILES string of the molecule is COC12OCCC3CC(C=C(B(O)O)C31)C2=O. The zero-order valence-electron chi connectivity index (χ0n) is 9.63. The Hall–Kier alpha value is -0.685. The molecule has 0 radical (unpaired) electrons. The molecule has 4 atom stereocenters. The molecule has 5 nitrogen and oxygen atoms in total. The Balaban J connectivity index is 2.11. The monoisotopic (exact) mass is 238 g/mol. The predicted molar refractivity (Wildman–Crippen MR) is 58.7 cm³/mol. The maximum absolute atomic E-state index is 12.3. The minimum absolute atomic E-state index is 0.0784. The minimum Gasteiger partial charge on any atom is -0.423 e. The van der Waals surface area contributed by atoms with E-state index in [9.17, 15) is 14.8 Å². The summed E-state index contributed by atoms with van der Waals surface area (Å²) >= 11 is 0. The molecule has 0 spiro atoms. The van der Waals surface area contributed by atoms with Gasteiger partial charge in [-0.25, -0.2) is 0 Å². The standard InChI is InChI=1S/C11H15BO5/c1-16-11-9-6(2-3-17-11)4-7(10(11)13)5-8(9)12(14)15/h5-7,9,14-15H,2-4H2,1H3. The number of carbonyl (C=O) groups is 1. The van der Waals surface area contributed by atoms with Crippen molar-refractivity contribution >= 4 is 12.9 Å². The van der Waals surface area contributed by atoms with Crippen molar-refractivity contribution in [2.75, 3.05) is 13.7 Å². The van der Waals surface area contributed by atoms with E-state index in [-0.39, 0.29) is 23.5 Å². The van der Waals surface area contributed by atoms with Crippen molar-refractivity contribution in [2.24, 2.45) is 17.8 Å². The average molecular weight is 238 g/mol. The fourth-order valence-corrected chi connectivity index (χ4v) is 3.60. The molecular weight excluding hydrogens is 223 g/mol. The van der Waals surface area contributed by atoms with Crippen LogP contribution in [0.5, 0.6) is 0 Å². The number of hydrogen-bond acceptors (Lipinski definition) is 5. The molecule has 4 rings (SSSR count). The summed E-state index contributed by atoms with van der Waals surface area (Å²) in [5.74, 6) is -1.76. The average Bonchev–Trinajstić information content (AvgIpc) is 2.34. The van der Waals surface area contributed by atoms with Gasteiger partial charge in [0.1, 0.15) is 0 Å². The maximum Gasteiger partial charge on any atom is 0.484 e. The van der Waals surface area contributed by atoms with Crippen LogP contribution in [-0.2, 0) is 14.3 Å². The van der Waals surface area contributed by atoms with Crippen LogP contribution < -0.4 is 0 Å². The number of ether oxygens (including phenoxy) is 2. The van der Waals surface area contributed by atoms with Crippen molar-refractivity contribution < 1.29 is 24.3 Å². The summed E-state index contributed by atoms with van der Waals surface area (Å²) in [6, 6.07) is 0. The van der Waals surface area contributed by atoms with Crippen LogP contribution in [0.2, 0.25) is 0 Å². The van der Waals surface area contributed by atoms with Gasteiger partial charge in [-0.3, -0.25) is 4.79 Å². The van der Waals surface area contributed by atoms with Crippen LogP contribution in [0, 0.1) is 17.8 Å². The third-order valence-corrected chi connectivity index (χ3v) is 4.28. The smallest absolute Gasteiger partial charge is 0.423 e. The number of rotatable bonds is 2. The predicted octanol–water partition coefficient (Wildman–Crippen LogP) is -0.477. The second-order valence-electron chi connectivity index (χ2n) is 4.99. The normalized spacial score (nSPS) is 43.6. The molecule has 3 aliphatic carbocycles. The van der Waals surface area contributed by atoms with Crippen LogP contribution in [0.1, 0.15) is 12.8 Å². The molecule has 1 aliphatic heterocycles. The Bertz CT molecular complexity index is 393. The van der Waals surface area contributed by atoms with Crippen molar-refractivity contribution in [3.8, 4) is 0 Å². The second-order valence-corrected chi connectivity index (χ2v) is 4.99. The molecule has 92 valence electrons. The van der Waals surface area contributed by atoms with Gasteiger partial charge in [-0.05, 0) is 24.2 Å². The number of Topliss-reactive ketones (excluding diaryl/α,β-unsaturated/α-hetero) is 1. The van der Waals surface area contributed by atoms with Gasteiger partial charge in [0.15, 0.2) is 5.78 Å². The van der Waals surface area contributed by atoms with E-state index >= 15 is 0 Å². The highest BCUT2D eigenvalue weighted by Crippen LogP contribution is 2.53. The molecule has 4 aliphatic rings. The van der Waals surface area contributed by atoms with Gasteiger partial charge in [0, 0.05) is 18.9 Å². The van der Waals surface area contributed by atoms with Crippen LogP contribution >= 0.6 is 0 Å². The van der Waals surface area contributed by atoms with E-state index in [2.05, 4.69) is 0 Å². The third-order valence-electron chi connectivity index (χ3n) is 4.28. The summed E-state index contributed by atoms with van der Waals surface area (Å²) in [6.45, 7) is 0.488. The van der Waals surface area contributed by atoms with Crippen LogP contribution in [0.3, 0.4) is 0 Å². The Morgan fingerprint density at radius 2 is 2.35 bits per heavy atom. The Morgan fingerprint density at radius 1 is 1.59 bits per heavy atom. The van der Waals surface area contributed by atoms with Crippen molar-refractivity contribution in [1.82, 2.24) is 0 Å². The topological polar surface area (TPSA) is 76.0 Å². The summed E-state index contributed by atoms with van der Waals surface area (Å²) in [6.07, 6.45) is 3.29. The first kappa shape index (κ1) is 11.4. The highest BCUT2D eigenvalue weighted by atomic mass is 16.7. The molecule has 6 heteroatoms. The summed E-state index contributed by atoms with van der Waals surface area (Å²) in [4.78, 5) is 12.3. The van der Waals surface area contributed by atoms with E-state index in [4.69, 9.17) is 9.47 Å². The lowest BCUT2D eigenvalue weighted by atomic mass is 9.52. The Kier molecular flexibility index (Phi) is 2.45. The van der Waals surface area contributed by atoms with E-state index in [1.165, 1.54) is 7.11 Å². The summed E-state index contributed by atoms with van der Waals surface area (Å²) < 4.78 is 10.9. The zero-order chi connectivity index (χ0) is 12.2. The van der Waals surface area contributed by atoms with Gasteiger partial charge in [-0.1, -0.05) is 6.08 Å². The molecule has 4 unspecified atom stereocenters. The molecule has 0 aromatic heterocycles. The number of carbonyl (C=O) groups excluding carboxylic acids is 1. The third kappa shape index (κ3) is 1.32. The van der Waals surface area contributed by atoms with Gasteiger partial charge >= 0.3 is 7.12 Å². The quantitative estimate of drug-likeness (QED) is 0.635. The lowest BCUT2D eigenvalue weighted by molar-refractivity contribution is -0.275. The zero-order valence-corrected chi connectivity index (χ0v) is 9.63. The molecule has 0 aromatic rings. The van der Waals surface area contributed by atoms with Crippen molar-refractivity contribution in [2.45, 2.75) is 18.6 Å². The summed E-state index contributed by atoms with van der Waals surface area (Å²) in [5.41, 5.74) is 0.479. The number of allylic oxidation sites excluding steroid dienone is 1. The molecule has 0 amide bonds. The molecular formula is C11H15BO5. The number of ketones is 1. The largest absolute Gasteiger partial charge is 0.484 e. The first-order valence-electron chi connectivity index (χ1n) is 5.91. The molecule has 0 aromatic carbocycles. The van der Waals surface area contributed by atoms with Gasteiger partial charge in [0.25, 0.3) is 0 Å². The molecule has 1 saturated heterocycles. The number of hydrogen-bond donors (Lipinski definition) is 2. The maximum atomic E-state index is 12.3. The van der Waals surface area contributed by atoms with Gasteiger partial charge in [0.2, 0.25) is 5.79 Å². The van der Waals surface area contributed by atoms with Crippen molar-refractivity contribution in [1.29, 1.82) is 0 Å². The Morgan fingerprint density at radius 3 is 3.00 bits per heavy atom. The highest BCUT2D eigenvalue weighted by Gasteiger charge is 2.63. The fraction of sp³-hybridized carbons (Fsp3) is 0.727.